The van der Waals surface area contributed by atoms with Crippen molar-refractivity contribution >= 4 is 12.0 Å². The molecule has 0 N–H and O–H groups in total. The number of amides is 1. The van der Waals surface area contributed by atoms with E-state index < -0.39 is 0 Å². The standard InChI is InChI=1S/C23H27NO3/c1-26-22-18-20(11-13-23(25)24-15-6-3-7-16-24)10-12-21(22)27-17-14-19-8-4-2-5-9-19/h2,4-5,8-13,18H,3,6-7,14-17H2,1H3/b13-11+. The summed E-state index contributed by atoms with van der Waals surface area (Å²) < 4.78 is 11.3. The number of rotatable bonds is 7. The van der Waals surface area contributed by atoms with Crippen molar-refractivity contribution in [1.82, 2.24) is 4.90 Å². The molecule has 4 nitrogen and oxygen atoms in total. The van der Waals surface area contributed by atoms with E-state index in [1.165, 1.54) is 12.0 Å². The quantitative estimate of drug-likeness (QED) is 0.685. The first kappa shape index (κ1) is 19.0. The van der Waals surface area contributed by atoms with Crippen molar-refractivity contribution in [3.8, 4) is 11.5 Å². The summed E-state index contributed by atoms with van der Waals surface area (Å²) in [6.07, 6.45) is 7.75. The molecule has 2 aromatic carbocycles. The van der Waals surface area contributed by atoms with Crippen molar-refractivity contribution in [1.29, 1.82) is 0 Å². The smallest absolute Gasteiger partial charge is 0.246 e. The van der Waals surface area contributed by atoms with Crippen molar-refractivity contribution in [2.45, 2.75) is 25.7 Å². The lowest BCUT2D eigenvalue weighted by Gasteiger charge is -2.25. The average Bonchev–Trinajstić information content (AvgIpc) is 2.74. The lowest BCUT2D eigenvalue weighted by atomic mass is 10.1. The zero-order valence-electron chi connectivity index (χ0n) is 15.9. The van der Waals surface area contributed by atoms with Gasteiger partial charge in [0.05, 0.1) is 13.7 Å². The predicted molar refractivity (Wildman–Crippen MR) is 108 cm³/mol. The maximum Gasteiger partial charge on any atom is 0.246 e. The number of methoxy groups -OCH3 is 1. The summed E-state index contributed by atoms with van der Waals surface area (Å²) >= 11 is 0. The highest BCUT2D eigenvalue weighted by Gasteiger charge is 2.13. The molecule has 0 aromatic heterocycles. The number of hydrogen-bond acceptors (Lipinski definition) is 3. The number of likely N-dealkylation sites (tertiary alicyclic amines) is 1. The minimum atomic E-state index is 0.0804. The summed E-state index contributed by atoms with van der Waals surface area (Å²) in [5.41, 5.74) is 2.17. The molecule has 1 aliphatic heterocycles. The third-order valence-electron chi connectivity index (χ3n) is 4.76. The van der Waals surface area contributed by atoms with E-state index >= 15 is 0 Å². The van der Waals surface area contributed by atoms with Gasteiger partial charge in [-0.1, -0.05) is 36.4 Å². The molecule has 2 aromatic rings. The first-order valence-electron chi connectivity index (χ1n) is 9.58. The molecule has 0 aliphatic carbocycles. The van der Waals surface area contributed by atoms with Gasteiger partial charge in [-0.3, -0.25) is 4.79 Å². The maximum absolute atomic E-state index is 12.3. The highest BCUT2D eigenvalue weighted by molar-refractivity contribution is 5.91. The lowest BCUT2D eigenvalue weighted by Crippen LogP contribution is -2.34. The van der Waals surface area contributed by atoms with E-state index in [1.54, 1.807) is 13.2 Å². The summed E-state index contributed by atoms with van der Waals surface area (Å²) in [7, 11) is 1.63. The van der Waals surface area contributed by atoms with Crippen LogP contribution in [0.4, 0.5) is 0 Å². The molecule has 1 saturated heterocycles. The Hall–Kier alpha value is -2.75. The predicted octanol–water partition coefficient (Wildman–Crippen LogP) is 4.34. The van der Waals surface area contributed by atoms with Crippen molar-refractivity contribution in [2.75, 3.05) is 26.8 Å². The molecule has 0 saturated carbocycles. The fraction of sp³-hybridized carbons (Fsp3) is 0.348. The van der Waals surface area contributed by atoms with Gasteiger partial charge in [0.2, 0.25) is 5.91 Å². The van der Waals surface area contributed by atoms with E-state index in [0.29, 0.717) is 18.1 Å². The highest BCUT2D eigenvalue weighted by Crippen LogP contribution is 2.28. The Morgan fingerprint density at radius 3 is 2.56 bits per heavy atom. The molecule has 0 atom stereocenters. The van der Waals surface area contributed by atoms with Gasteiger partial charge in [0.25, 0.3) is 0 Å². The number of nitrogens with zero attached hydrogens (tertiary/aromatic N) is 1. The maximum atomic E-state index is 12.3. The summed E-state index contributed by atoms with van der Waals surface area (Å²) in [4.78, 5) is 14.2. The van der Waals surface area contributed by atoms with Crippen LogP contribution in [0.25, 0.3) is 6.08 Å². The number of carbonyl (C=O) groups excluding carboxylic acids is 1. The van der Waals surface area contributed by atoms with Crippen LogP contribution in [-0.2, 0) is 11.2 Å². The fourth-order valence-electron chi connectivity index (χ4n) is 3.22. The van der Waals surface area contributed by atoms with Crippen molar-refractivity contribution in [3.05, 3.63) is 65.7 Å². The van der Waals surface area contributed by atoms with Crippen LogP contribution >= 0.6 is 0 Å². The van der Waals surface area contributed by atoms with Crippen LogP contribution in [0.1, 0.15) is 30.4 Å². The van der Waals surface area contributed by atoms with E-state index in [4.69, 9.17) is 9.47 Å². The van der Waals surface area contributed by atoms with E-state index in [9.17, 15) is 4.79 Å². The minimum Gasteiger partial charge on any atom is -0.493 e. The van der Waals surface area contributed by atoms with Crippen LogP contribution in [0, 0.1) is 0 Å². The fourth-order valence-corrected chi connectivity index (χ4v) is 3.22. The molecule has 1 amide bonds. The second kappa shape index (κ2) is 9.81. The number of ether oxygens (including phenoxy) is 2. The molecular weight excluding hydrogens is 338 g/mol. The molecule has 0 unspecified atom stereocenters. The molecule has 4 heteroatoms. The Balaban J connectivity index is 1.58. The van der Waals surface area contributed by atoms with Crippen LogP contribution in [-0.4, -0.2) is 37.6 Å². The summed E-state index contributed by atoms with van der Waals surface area (Å²) in [6, 6.07) is 16.0. The third kappa shape index (κ3) is 5.61. The van der Waals surface area contributed by atoms with Gasteiger partial charge in [-0.05, 0) is 48.6 Å². The van der Waals surface area contributed by atoms with Gasteiger partial charge in [-0.25, -0.2) is 0 Å². The summed E-state index contributed by atoms with van der Waals surface area (Å²) in [6.45, 7) is 2.31. The average molecular weight is 365 g/mol. The van der Waals surface area contributed by atoms with Gasteiger partial charge in [0.15, 0.2) is 11.5 Å². The topological polar surface area (TPSA) is 38.8 Å². The largest absolute Gasteiger partial charge is 0.493 e. The minimum absolute atomic E-state index is 0.0804. The molecule has 0 spiro atoms. The second-order valence-corrected chi connectivity index (χ2v) is 6.71. The normalized spacial score (nSPS) is 14.3. The van der Waals surface area contributed by atoms with Gasteiger partial charge < -0.3 is 14.4 Å². The molecule has 1 fully saturated rings. The van der Waals surface area contributed by atoms with Gasteiger partial charge in [0.1, 0.15) is 0 Å². The molecule has 27 heavy (non-hydrogen) atoms. The van der Waals surface area contributed by atoms with Gasteiger partial charge >= 0.3 is 0 Å². The van der Waals surface area contributed by atoms with E-state index in [2.05, 4.69) is 12.1 Å². The SMILES string of the molecule is COc1cc(/C=C/C(=O)N2CCCCC2)ccc1OCCc1ccccc1. The van der Waals surface area contributed by atoms with Crippen molar-refractivity contribution in [2.24, 2.45) is 0 Å². The van der Waals surface area contributed by atoms with E-state index in [-0.39, 0.29) is 5.91 Å². The summed E-state index contributed by atoms with van der Waals surface area (Å²) in [5, 5.41) is 0. The molecule has 142 valence electrons. The van der Waals surface area contributed by atoms with Crippen LogP contribution in [0.2, 0.25) is 0 Å². The molecule has 0 radical (unpaired) electrons. The zero-order valence-corrected chi connectivity index (χ0v) is 15.9. The van der Waals surface area contributed by atoms with Gasteiger partial charge in [-0.15, -0.1) is 0 Å². The first-order chi connectivity index (χ1) is 13.3. The number of hydrogen-bond donors (Lipinski definition) is 0. The van der Waals surface area contributed by atoms with Crippen LogP contribution < -0.4 is 9.47 Å². The number of piperidine rings is 1. The Kier molecular flexibility index (Phi) is 6.91. The third-order valence-corrected chi connectivity index (χ3v) is 4.76. The van der Waals surface area contributed by atoms with Crippen molar-refractivity contribution in [3.63, 3.8) is 0 Å². The van der Waals surface area contributed by atoms with Gasteiger partial charge in [0, 0.05) is 25.6 Å². The second-order valence-electron chi connectivity index (χ2n) is 6.71. The number of benzene rings is 2. The molecule has 1 aliphatic rings. The summed E-state index contributed by atoms with van der Waals surface area (Å²) in [5.74, 6) is 1.47. The monoisotopic (exact) mass is 365 g/mol. The molecule has 3 rings (SSSR count). The lowest BCUT2D eigenvalue weighted by molar-refractivity contribution is -0.126. The van der Waals surface area contributed by atoms with Gasteiger partial charge in [-0.2, -0.15) is 0 Å². The Labute approximate surface area is 161 Å². The molecule has 0 bridgehead atoms. The highest BCUT2D eigenvalue weighted by atomic mass is 16.5. The van der Waals surface area contributed by atoms with Crippen LogP contribution in [0.5, 0.6) is 11.5 Å². The van der Waals surface area contributed by atoms with E-state index in [1.807, 2.05) is 47.4 Å². The Morgan fingerprint density at radius 1 is 1.04 bits per heavy atom. The zero-order chi connectivity index (χ0) is 18.9. The number of carbonyl (C=O) groups is 1. The molecular formula is C23H27NO3. The van der Waals surface area contributed by atoms with Crippen molar-refractivity contribution < 1.29 is 14.3 Å². The van der Waals surface area contributed by atoms with Crippen LogP contribution in [0.3, 0.4) is 0 Å². The Bertz CT molecular complexity index is 764. The first-order valence-corrected chi connectivity index (χ1v) is 9.58. The Morgan fingerprint density at radius 2 is 1.81 bits per heavy atom. The van der Waals surface area contributed by atoms with Crippen LogP contribution in [0.15, 0.2) is 54.6 Å². The van der Waals surface area contributed by atoms with E-state index in [0.717, 1.165) is 37.9 Å². The molecule has 1 heterocycles.